The second-order valence-corrected chi connectivity index (χ2v) is 7.14. The number of nitrogens with zero attached hydrogens (tertiary/aromatic N) is 5. The van der Waals surface area contributed by atoms with Crippen LogP contribution in [0.4, 0.5) is 14.5 Å². The third-order valence-electron chi connectivity index (χ3n) is 3.86. The summed E-state index contributed by atoms with van der Waals surface area (Å²) >= 11 is 1.24. The molecule has 12 heteroatoms. The number of aromatic nitrogens is 5. The molecule has 0 aliphatic rings. The molecular weight excluding hydrogens is 430 g/mol. The van der Waals surface area contributed by atoms with Gasteiger partial charge in [0.05, 0.1) is 11.3 Å². The summed E-state index contributed by atoms with van der Waals surface area (Å²) in [6.45, 7) is 0. The molecule has 0 unspecified atom stereocenters. The quantitative estimate of drug-likeness (QED) is 0.406. The van der Waals surface area contributed by atoms with Gasteiger partial charge >= 0.3 is 0 Å². The monoisotopic (exact) mass is 444 g/mol. The third kappa shape index (κ3) is 5.69. The number of rotatable bonds is 8. The van der Waals surface area contributed by atoms with Crippen LogP contribution in [-0.4, -0.2) is 31.2 Å². The molecule has 4 rings (SSSR count). The first-order valence-electron chi connectivity index (χ1n) is 8.99. The Kier molecular flexibility index (Phi) is 6.26. The van der Waals surface area contributed by atoms with E-state index in [1.165, 1.54) is 11.8 Å². The van der Waals surface area contributed by atoms with Crippen molar-refractivity contribution in [2.45, 2.75) is 23.8 Å². The van der Waals surface area contributed by atoms with Gasteiger partial charge in [0.25, 0.3) is 5.22 Å². The first kappa shape index (κ1) is 20.6. The lowest BCUT2D eigenvalue weighted by atomic mass is 10.2. The molecule has 1 amide bonds. The summed E-state index contributed by atoms with van der Waals surface area (Å²) in [4.78, 5) is 20.2. The van der Waals surface area contributed by atoms with Crippen LogP contribution < -0.4 is 5.32 Å². The number of carbonyl (C=O) groups is 1. The zero-order valence-electron chi connectivity index (χ0n) is 15.8. The average Bonchev–Trinajstić information content (AvgIpc) is 3.40. The molecule has 1 aromatic carbocycles. The molecule has 1 N–H and O–H groups in total. The van der Waals surface area contributed by atoms with Crippen LogP contribution in [0.1, 0.15) is 18.1 Å². The number of aryl methyl sites for hydroxylation is 1. The van der Waals surface area contributed by atoms with Gasteiger partial charge < -0.3 is 14.3 Å². The number of pyridine rings is 1. The molecule has 0 aliphatic heterocycles. The molecule has 158 valence electrons. The molecule has 0 spiro atoms. The SMILES string of the molecule is O=C(CCc1nc(CSc2nnc(-c3cccnc3)o2)no1)Nc1cc(F)cc(F)c1. The Hall–Kier alpha value is -3.67. The molecule has 3 heterocycles. The van der Waals surface area contributed by atoms with Crippen LogP contribution in [0.25, 0.3) is 11.5 Å². The van der Waals surface area contributed by atoms with E-state index in [0.717, 1.165) is 18.2 Å². The fraction of sp³-hybridized carbons (Fsp3) is 0.158. The highest BCUT2D eigenvalue weighted by Crippen LogP contribution is 2.24. The predicted molar refractivity (Wildman–Crippen MR) is 105 cm³/mol. The Morgan fingerprint density at radius 2 is 2.00 bits per heavy atom. The molecule has 31 heavy (non-hydrogen) atoms. The summed E-state index contributed by atoms with van der Waals surface area (Å²) in [6.07, 6.45) is 3.45. The maximum atomic E-state index is 13.2. The molecule has 4 aromatic rings. The summed E-state index contributed by atoms with van der Waals surface area (Å²) in [5.41, 5.74) is 0.748. The number of halogens is 2. The summed E-state index contributed by atoms with van der Waals surface area (Å²) in [5, 5.41) is 14.5. The van der Waals surface area contributed by atoms with Crippen molar-refractivity contribution in [2.24, 2.45) is 0 Å². The van der Waals surface area contributed by atoms with Gasteiger partial charge in [0.2, 0.25) is 17.7 Å². The largest absolute Gasteiger partial charge is 0.411 e. The van der Waals surface area contributed by atoms with Crippen molar-refractivity contribution >= 4 is 23.4 Å². The Morgan fingerprint density at radius 1 is 1.16 bits per heavy atom. The molecule has 0 aliphatic carbocycles. The van der Waals surface area contributed by atoms with Crippen LogP contribution in [0.3, 0.4) is 0 Å². The van der Waals surface area contributed by atoms with E-state index in [2.05, 4.69) is 30.6 Å². The smallest absolute Gasteiger partial charge is 0.277 e. The molecule has 0 fully saturated rings. The minimum Gasteiger partial charge on any atom is -0.411 e. The van der Waals surface area contributed by atoms with E-state index in [0.29, 0.717) is 28.3 Å². The lowest BCUT2D eigenvalue weighted by molar-refractivity contribution is -0.116. The summed E-state index contributed by atoms with van der Waals surface area (Å²) in [7, 11) is 0. The zero-order valence-corrected chi connectivity index (χ0v) is 16.6. The number of hydrogen-bond acceptors (Lipinski definition) is 9. The standard InChI is InChI=1S/C19H14F2N6O3S/c20-12-6-13(21)8-14(7-12)23-16(28)3-4-17-24-15(27-30-17)10-31-19-26-25-18(29-19)11-2-1-5-22-9-11/h1-2,5-9H,3-4,10H2,(H,23,28). The van der Waals surface area contributed by atoms with E-state index in [-0.39, 0.29) is 24.4 Å². The Balaban J connectivity index is 1.26. The second kappa shape index (κ2) is 9.43. The van der Waals surface area contributed by atoms with E-state index in [1.54, 1.807) is 24.5 Å². The van der Waals surface area contributed by atoms with Crippen LogP contribution in [0.5, 0.6) is 0 Å². The van der Waals surface area contributed by atoms with Crippen molar-refractivity contribution in [2.75, 3.05) is 5.32 Å². The Bertz CT molecular complexity index is 1160. The molecule has 3 aromatic heterocycles. The first-order valence-corrected chi connectivity index (χ1v) is 9.98. The highest BCUT2D eigenvalue weighted by molar-refractivity contribution is 7.98. The zero-order chi connectivity index (χ0) is 21.6. The topological polar surface area (TPSA) is 120 Å². The molecule has 0 atom stereocenters. The van der Waals surface area contributed by atoms with Gasteiger partial charge in [-0.2, -0.15) is 4.98 Å². The van der Waals surface area contributed by atoms with E-state index in [1.807, 2.05) is 0 Å². The Labute approximate surface area is 178 Å². The van der Waals surface area contributed by atoms with Crippen LogP contribution >= 0.6 is 11.8 Å². The normalized spacial score (nSPS) is 10.9. The van der Waals surface area contributed by atoms with Gasteiger partial charge in [0, 0.05) is 37.0 Å². The number of nitrogens with one attached hydrogen (secondary N) is 1. The second-order valence-electron chi connectivity index (χ2n) is 6.21. The number of carbonyl (C=O) groups excluding carboxylic acids is 1. The first-order chi connectivity index (χ1) is 15.0. The number of benzene rings is 1. The number of amides is 1. The van der Waals surface area contributed by atoms with E-state index in [4.69, 9.17) is 8.94 Å². The fourth-order valence-electron chi connectivity index (χ4n) is 2.52. The van der Waals surface area contributed by atoms with Crippen LogP contribution in [0, 0.1) is 11.6 Å². The molecular formula is C19H14F2N6O3S. The maximum absolute atomic E-state index is 13.2. The van der Waals surface area contributed by atoms with Gasteiger partial charge in [0.15, 0.2) is 5.82 Å². The van der Waals surface area contributed by atoms with Crippen molar-refractivity contribution < 1.29 is 22.5 Å². The van der Waals surface area contributed by atoms with Crippen molar-refractivity contribution in [1.82, 2.24) is 25.3 Å². The highest BCUT2D eigenvalue weighted by Gasteiger charge is 2.13. The molecule has 9 nitrogen and oxygen atoms in total. The van der Waals surface area contributed by atoms with Gasteiger partial charge in [0.1, 0.15) is 11.6 Å². The van der Waals surface area contributed by atoms with Crippen LogP contribution in [0.15, 0.2) is 56.9 Å². The lowest BCUT2D eigenvalue weighted by Gasteiger charge is -2.04. The molecule has 0 saturated carbocycles. The minimum absolute atomic E-state index is 0.00500. The number of anilines is 1. The lowest BCUT2D eigenvalue weighted by Crippen LogP contribution is -2.12. The van der Waals surface area contributed by atoms with Crippen molar-refractivity contribution in [1.29, 1.82) is 0 Å². The van der Waals surface area contributed by atoms with Crippen molar-refractivity contribution in [3.8, 4) is 11.5 Å². The highest BCUT2D eigenvalue weighted by atomic mass is 32.2. The van der Waals surface area contributed by atoms with Gasteiger partial charge in [-0.15, -0.1) is 10.2 Å². The predicted octanol–water partition coefficient (Wildman–Crippen LogP) is 3.66. The number of hydrogen-bond donors (Lipinski definition) is 1. The summed E-state index contributed by atoms with van der Waals surface area (Å²) in [6, 6.07) is 6.35. The number of thioether (sulfide) groups is 1. The average molecular weight is 444 g/mol. The van der Waals surface area contributed by atoms with E-state index < -0.39 is 17.5 Å². The maximum Gasteiger partial charge on any atom is 0.277 e. The van der Waals surface area contributed by atoms with Crippen molar-refractivity contribution in [3.05, 3.63) is 66.1 Å². The van der Waals surface area contributed by atoms with E-state index in [9.17, 15) is 13.6 Å². The Morgan fingerprint density at radius 3 is 2.77 bits per heavy atom. The van der Waals surface area contributed by atoms with Gasteiger partial charge in [-0.3, -0.25) is 9.78 Å². The summed E-state index contributed by atoms with van der Waals surface area (Å²) in [5.74, 6) is -0.647. The van der Waals surface area contributed by atoms with Crippen molar-refractivity contribution in [3.63, 3.8) is 0 Å². The van der Waals surface area contributed by atoms with Gasteiger partial charge in [-0.25, -0.2) is 8.78 Å². The third-order valence-corrected chi connectivity index (χ3v) is 4.68. The molecule has 0 bridgehead atoms. The summed E-state index contributed by atoms with van der Waals surface area (Å²) < 4.78 is 37.0. The molecule has 0 saturated heterocycles. The van der Waals surface area contributed by atoms with Gasteiger partial charge in [-0.1, -0.05) is 16.9 Å². The van der Waals surface area contributed by atoms with Crippen LogP contribution in [0.2, 0.25) is 0 Å². The minimum atomic E-state index is -0.775. The van der Waals surface area contributed by atoms with E-state index >= 15 is 0 Å². The van der Waals surface area contributed by atoms with Crippen LogP contribution in [-0.2, 0) is 17.0 Å². The fourth-order valence-corrected chi connectivity index (χ4v) is 3.13. The van der Waals surface area contributed by atoms with Gasteiger partial charge in [-0.05, 0) is 24.3 Å². The molecule has 0 radical (unpaired) electrons.